The molecule has 0 fully saturated rings. The van der Waals surface area contributed by atoms with Gasteiger partial charge < -0.3 is 14.6 Å². The van der Waals surface area contributed by atoms with Gasteiger partial charge in [-0.1, -0.05) is 12.1 Å². The van der Waals surface area contributed by atoms with E-state index in [2.05, 4.69) is 16.1 Å². The van der Waals surface area contributed by atoms with Crippen molar-refractivity contribution in [3.63, 3.8) is 0 Å². The van der Waals surface area contributed by atoms with Crippen LogP contribution in [0.5, 0.6) is 0 Å². The topological polar surface area (TPSA) is 53.4 Å². The van der Waals surface area contributed by atoms with Crippen molar-refractivity contribution in [3.8, 4) is 0 Å². The van der Waals surface area contributed by atoms with Gasteiger partial charge >= 0.3 is 5.97 Å². The lowest BCUT2D eigenvalue weighted by Crippen LogP contribution is -2.27. The third-order valence-electron chi connectivity index (χ3n) is 3.40. The minimum Gasteiger partial charge on any atom is -0.343 e. The number of nitrogens with zero attached hydrogens (tertiary/aromatic N) is 1. The summed E-state index contributed by atoms with van der Waals surface area (Å²) in [7, 11) is 4.04. The summed E-state index contributed by atoms with van der Waals surface area (Å²) in [6.45, 7) is 2.11. The van der Waals surface area contributed by atoms with E-state index in [4.69, 9.17) is 17.3 Å². The van der Waals surface area contributed by atoms with Gasteiger partial charge in [-0.25, -0.2) is 4.79 Å². The number of hydrogen-bond acceptors (Lipinski definition) is 4. The molecule has 0 unspecified atom stereocenters. The largest absolute Gasteiger partial charge is 0.356 e. The quantitative estimate of drug-likeness (QED) is 0.786. The Morgan fingerprint density at radius 1 is 1.35 bits per heavy atom. The Hall–Kier alpha value is -1.39. The van der Waals surface area contributed by atoms with Crippen LogP contribution in [0, 0.1) is 5.41 Å². The van der Waals surface area contributed by atoms with Crippen LogP contribution in [0.3, 0.4) is 0 Å². The van der Waals surface area contributed by atoms with Crippen LogP contribution in [-0.2, 0) is 10.7 Å². The number of aryl methyl sites for hydroxylation is 1. The Bertz CT molecular complexity index is 457. The minimum atomic E-state index is -0.550. The molecule has 0 spiro atoms. The monoisotopic (exact) mass is 296 g/mol. The number of benzene rings is 1. The molecule has 0 aliphatic heterocycles. The number of nitrogens with one attached hydrogen (secondary N) is 1. The van der Waals surface area contributed by atoms with Crippen LogP contribution in [0.1, 0.15) is 35.7 Å². The van der Waals surface area contributed by atoms with Crippen LogP contribution in [0.25, 0.3) is 0 Å². The summed E-state index contributed by atoms with van der Waals surface area (Å²) >= 11 is 5.02. The third kappa shape index (κ3) is 5.31. The van der Waals surface area contributed by atoms with Crippen molar-refractivity contribution in [3.05, 3.63) is 35.4 Å². The van der Waals surface area contributed by atoms with Gasteiger partial charge in [0.1, 0.15) is 11.9 Å². The molecule has 0 bridgehead atoms. The van der Waals surface area contributed by atoms with E-state index in [1.54, 1.807) is 12.1 Å². The highest BCUT2D eigenvalue weighted by atomic mass is 35.5. The lowest BCUT2D eigenvalue weighted by Gasteiger charge is -2.19. The number of halogens is 1. The maximum absolute atomic E-state index is 11.2. The molecule has 0 aromatic heterocycles. The third-order valence-corrected chi connectivity index (χ3v) is 3.54. The van der Waals surface area contributed by atoms with Crippen LogP contribution in [0.2, 0.25) is 0 Å². The molecule has 20 heavy (non-hydrogen) atoms. The summed E-state index contributed by atoms with van der Waals surface area (Å²) in [6, 6.07) is 7.49. The Balaban J connectivity index is 2.46. The van der Waals surface area contributed by atoms with E-state index >= 15 is 0 Å². The standard InChI is InChI=1S/C15H21ClN2O2/c1-11(18(2)3)10-14(17)9-6-12-4-7-13(8-5-12)15(19)20-16/h4-5,7-8,11,17H,6,9-10H2,1-3H3/t11-/m0/s1. The zero-order valence-corrected chi connectivity index (χ0v) is 12.9. The van der Waals surface area contributed by atoms with Gasteiger partial charge in [0.2, 0.25) is 0 Å². The Morgan fingerprint density at radius 2 is 1.95 bits per heavy atom. The summed E-state index contributed by atoms with van der Waals surface area (Å²) in [5, 5.41) is 7.98. The maximum atomic E-state index is 11.2. The van der Waals surface area contributed by atoms with Crippen molar-refractivity contribution in [1.82, 2.24) is 4.90 Å². The summed E-state index contributed by atoms with van der Waals surface area (Å²) in [5.41, 5.74) is 2.27. The molecule has 0 saturated carbocycles. The van der Waals surface area contributed by atoms with Crippen molar-refractivity contribution in [1.29, 1.82) is 5.41 Å². The summed E-state index contributed by atoms with van der Waals surface area (Å²) < 4.78 is 4.13. The molecular formula is C15H21ClN2O2. The Morgan fingerprint density at radius 3 is 2.45 bits per heavy atom. The van der Waals surface area contributed by atoms with Gasteiger partial charge in [-0.05, 0) is 51.6 Å². The fraction of sp³-hybridized carbons (Fsp3) is 0.467. The normalized spacial score (nSPS) is 12.2. The van der Waals surface area contributed by atoms with E-state index in [9.17, 15) is 4.79 Å². The molecule has 0 aliphatic rings. The summed E-state index contributed by atoms with van der Waals surface area (Å²) in [6.07, 6.45) is 2.32. The molecule has 5 heteroatoms. The van der Waals surface area contributed by atoms with Gasteiger partial charge in [-0.2, -0.15) is 0 Å². The molecule has 110 valence electrons. The second kappa shape index (κ2) is 8.02. The fourth-order valence-electron chi connectivity index (χ4n) is 1.79. The molecule has 1 aromatic rings. The second-order valence-corrected chi connectivity index (χ2v) is 5.34. The number of rotatable bonds is 7. The van der Waals surface area contributed by atoms with E-state index in [0.717, 1.165) is 30.5 Å². The van der Waals surface area contributed by atoms with Crippen LogP contribution in [0.4, 0.5) is 0 Å². The van der Waals surface area contributed by atoms with Crippen LogP contribution in [-0.4, -0.2) is 36.7 Å². The first-order chi connectivity index (χ1) is 9.43. The summed E-state index contributed by atoms with van der Waals surface area (Å²) in [4.78, 5) is 13.3. The van der Waals surface area contributed by atoms with Crippen LogP contribution >= 0.6 is 11.9 Å². The zero-order valence-electron chi connectivity index (χ0n) is 12.1. The molecule has 0 amide bonds. The number of hydrogen-bond donors (Lipinski definition) is 1. The van der Waals surface area contributed by atoms with Gasteiger partial charge in [-0.3, -0.25) is 0 Å². The molecule has 1 N–H and O–H groups in total. The van der Waals surface area contributed by atoms with E-state index in [1.807, 2.05) is 26.2 Å². The first kappa shape index (κ1) is 16.7. The lowest BCUT2D eigenvalue weighted by atomic mass is 10.0. The number of carbonyl (C=O) groups excluding carboxylic acids is 1. The van der Waals surface area contributed by atoms with Crippen LogP contribution < -0.4 is 0 Å². The maximum Gasteiger partial charge on any atom is 0.356 e. The predicted octanol–water partition coefficient (Wildman–Crippen LogP) is 3.29. The molecule has 0 heterocycles. The molecule has 4 nitrogen and oxygen atoms in total. The van der Waals surface area contributed by atoms with E-state index in [0.29, 0.717) is 11.6 Å². The molecule has 0 aliphatic carbocycles. The van der Waals surface area contributed by atoms with Gasteiger partial charge in [0.25, 0.3) is 0 Å². The lowest BCUT2D eigenvalue weighted by molar-refractivity contribution is 0.0751. The van der Waals surface area contributed by atoms with Gasteiger partial charge in [0.05, 0.1) is 5.56 Å². The molecular weight excluding hydrogens is 276 g/mol. The number of carbonyl (C=O) groups is 1. The first-order valence-electron chi connectivity index (χ1n) is 6.58. The second-order valence-electron chi connectivity index (χ2n) is 5.18. The SMILES string of the molecule is C[C@@H](CC(=N)CCc1ccc(C(=O)OCl)cc1)N(C)C. The highest BCUT2D eigenvalue weighted by molar-refractivity contribution is 6.15. The zero-order chi connectivity index (χ0) is 15.1. The Labute approximate surface area is 125 Å². The van der Waals surface area contributed by atoms with Gasteiger partial charge in [0, 0.05) is 18.2 Å². The highest BCUT2D eigenvalue weighted by Crippen LogP contribution is 2.10. The molecule has 1 rings (SSSR count). The fourth-order valence-corrected chi connectivity index (χ4v) is 1.88. The average molecular weight is 297 g/mol. The van der Waals surface area contributed by atoms with Gasteiger partial charge in [-0.15, -0.1) is 0 Å². The van der Waals surface area contributed by atoms with Crippen molar-refractivity contribution in [2.45, 2.75) is 32.2 Å². The summed E-state index contributed by atoms with van der Waals surface area (Å²) in [5.74, 6) is -0.550. The minimum absolute atomic E-state index is 0.378. The highest BCUT2D eigenvalue weighted by Gasteiger charge is 2.09. The predicted molar refractivity (Wildman–Crippen MR) is 81.5 cm³/mol. The van der Waals surface area contributed by atoms with Gasteiger partial charge in [0.15, 0.2) is 0 Å². The molecule has 1 aromatic carbocycles. The van der Waals surface area contributed by atoms with Crippen molar-refractivity contribution >= 4 is 23.5 Å². The average Bonchev–Trinajstić information content (AvgIpc) is 2.44. The molecule has 1 atom stereocenters. The molecule has 0 radical (unpaired) electrons. The van der Waals surface area contributed by atoms with Crippen molar-refractivity contribution in [2.75, 3.05) is 14.1 Å². The molecule has 0 saturated heterocycles. The van der Waals surface area contributed by atoms with Crippen molar-refractivity contribution in [2.24, 2.45) is 0 Å². The first-order valence-corrected chi connectivity index (χ1v) is 6.89. The smallest absolute Gasteiger partial charge is 0.343 e. The van der Waals surface area contributed by atoms with E-state index in [1.165, 1.54) is 0 Å². The Kier molecular flexibility index (Phi) is 6.68. The van der Waals surface area contributed by atoms with E-state index in [-0.39, 0.29) is 0 Å². The van der Waals surface area contributed by atoms with E-state index < -0.39 is 5.97 Å². The van der Waals surface area contributed by atoms with Crippen molar-refractivity contribution < 1.29 is 9.08 Å². The van der Waals surface area contributed by atoms with Crippen LogP contribution in [0.15, 0.2) is 24.3 Å².